The maximum absolute atomic E-state index is 12.3. The number of para-hydroxylation sites is 1. The zero-order valence-corrected chi connectivity index (χ0v) is 15.5. The summed E-state index contributed by atoms with van der Waals surface area (Å²) in [5.74, 6) is 0.810. The number of likely N-dealkylation sites (N-methyl/N-ethyl adjacent to an activating group) is 1. The fourth-order valence-corrected chi connectivity index (χ4v) is 3.09. The van der Waals surface area contributed by atoms with Crippen LogP contribution in [0.3, 0.4) is 0 Å². The number of benzene rings is 2. The summed E-state index contributed by atoms with van der Waals surface area (Å²) in [6, 6.07) is 17.2. The third kappa shape index (κ3) is 3.97. The van der Waals surface area contributed by atoms with Crippen molar-refractivity contribution in [3.05, 3.63) is 76.1 Å². The fraction of sp³-hybridized carbons (Fsp3) is 0.227. The Labute approximate surface area is 158 Å². The van der Waals surface area contributed by atoms with Crippen molar-refractivity contribution >= 4 is 28.8 Å². The Morgan fingerprint density at radius 1 is 1.04 bits per heavy atom. The Morgan fingerprint density at radius 3 is 2.37 bits per heavy atom. The highest BCUT2D eigenvalue weighted by molar-refractivity contribution is 6.00. The van der Waals surface area contributed by atoms with Gasteiger partial charge < -0.3 is 9.32 Å². The van der Waals surface area contributed by atoms with Crippen LogP contribution >= 0.6 is 0 Å². The molecule has 2 aromatic carbocycles. The number of aldehydes is 1. The van der Waals surface area contributed by atoms with Gasteiger partial charge in [-0.05, 0) is 31.5 Å². The summed E-state index contributed by atoms with van der Waals surface area (Å²) in [7, 11) is 0. The van der Waals surface area contributed by atoms with E-state index in [1.807, 2.05) is 42.5 Å². The molecule has 5 nitrogen and oxygen atoms in total. The first-order valence-corrected chi connectivity index (χ1v) is 9.05. The van der Waals surface area contributed by atoms with E-state index >= 15 is 0 Å². The molecule has 3 rings (SSSR count). The molecule has 3 aromatic rings. The van der Waals surface area contributed by atoms with E-state index in [0.29, 0.717) is 29.4 Å². The number of carbonyl (C=O) groups excluding carboxylic acids is 1. The van der Waals surface area contributed by atoms with Gasteiger partial charge in [0, 0.05) is 24.9 Å². The molecule has 0 saturated heterocycles. The number of hydrogen-bond acceptors (Lipinski definition) is 4. The van der Waals surface area contributed by atoms with Crippen LogP contribution in [0.4, 0.5) is 5.69 Å². The van der Waals surface area contributed by atoms with E-state index in [0.717, 1.165) is 24.5 Å². The molecule has 0 N–H and O–H groups in total. The lowest BCUT2D eigenvalue weighted by Gasteiger charge is -2.23. The van der Waals surface area contributed by atoms with Gasteiger partial charge in [-0.15, -0.1) is 0 Å². The van der Waals surface area contributed by atoms with Crippen molar-refractivity contribution in [3.8, 4) is 0 Å². The molecule has 1 aromatic heterocycles. The van der Waals surface area contributed by atoms with Crippen molar-refractivity contribution < 1.29 is 9.21 Å². The standard InChI is InChI=1S/C22H22N2O3/c1-3-24(4-2)20(14-16-10-6-5-7-11-16)23-21-17-12-8-9-13-19(17)27-22(26)18(21)15-25/h5-13,15H,3-4,14H2,1-2H3. The predicted molar refractivity (Wildman–Crippen MR) is 108 cm³/mol. The number of nitrogens with zero attached hydrogens (tertiary/aromatic N) is 2. The first kappa shape index (κ1) is 18.6. The van der Waals surface area contributed by atoms with Crippen molar-refractivity contribution in [2.24, 2.45) is 4.99 Å². The number of amidine groups is 1. The summed E-state index contributed by atoms with van der Waals surface area (Å²) >= 11 is 0. The molecule has 0 amide bonds. The molecular formula is C22H22N2O3. The van der Waals surface area contributed by atoms with Crippen molar-refractivity contribution in [3.63, 3.8) is 0 Å². The highest BCUT2D eigenvalue weighted by atomic mass is 16.4. The van der Waals surface area contributed by atoms with Gasteiger partial charge in [-0.3, -0.25) is 4.79 Å². The van der Waals surface area contributed by atoms with Crippen molar-refractivity contribution in [1.82, 2.24) is 4.90 Å². The van der Waals surface area contributed by atoms with E-state index in [4.69, 9.17) is 9.41 Å². The quantitative estimate of drug-likeness (QED) is 0.285. The van der Waals surface area contributed by atoms with Gasteiger partial charge in [-0.2, -0.15) is 0 Å². The Bertz CT molecular complexity index is 1020. The minimum atomic E-state index is -0.666. The largest absolute Gasteiger partial charge is 0.422 e. The first-order valence-electron chi connectivity index (χ1n) is 9.05. The summed E-state index contributed by atoms with van der Waals surface area (Å²) in [5.41, 5.74) is 1.19. The van der Waals surface area contributed by atoms with Gasteiger partial charge in [-0.1, -0.05) is 42.5 Å². The Kier molecular flexibility index (Phi) is 5.81. The van der Waals surface area contributed by atoms with Crippen molar-refractivity contribution in [1.29, 1.82) is 0 Å². The molecule has 0 saturated carbocycles. The molecule has 0 atom stereocenters. The normalized spacial score (nSPS) is 11.6. The fourth-order valence-electron chi connectivity index (χ4n) is 3.09. The molecule has 0 spiro atoms. The van der Waals surface area contributed by atoms with E-state index in [-0.39, 0.29) is 5.56 Å². The summed E-state index contributed by atoms with van der Waals surface area (Å²) in [5, 5.41) is 0.650. The molecule has 0 radical (unpaired) electrons. The smallest absolute Gasteiger partial charge is 0.349 e. The lowest BCUT2D eigenvalue weighted by molar-refractivity contribution is 0.112. The van der Waals surface area contributed by atoms with Crippen LogP contribution in [0.15, 0.2) is 68.8 Å². The van der Waals surface area contributed by atoms with Crippen LogP contribution in [0.25, 0.3) is 11.0 Å². The Morgan fingerprint density at radius 2 is 1.70 bits per heavy atom. The number of fused-ring (bicyclic) bond motifs is 1. The Hall–Kier alpha value is -3.21. The van der Waals surface area contributed by atoms with Gasteiger partial charge in [0.05, 0.1) is 5.69 Å². The maximum Gasteiger partial charge on any atom is 0.349 e. The summed E-state index contributed by atoms with van der Waals surface area (Å²) < 4.78 is 5.27. The second kappa shape index (κ2) is 8.45. The van der Waals surface area contributed by atoms with Crippen LogP contribution < -0.4 is 5.63 Å². The van der Waals surface area contributed by atoms with Gasteiger partial charge >= 0.3 is 5.63 Å². The number of aliphatic imine (C=N–C) groups is 1. The number of hydrogen-bond donors (Lipinski definition) is 0. The van der Waals surface area contributed by atoms with Gasteiger partial charge in [0.2, 0.25) is 0 Å². The monoisotopic (exact) mass is 362 g/mol. The minimum absolute atomic E-state index is 0.0496. The van der Waals surface area contributed by atoms with Crippen LogP contribution in [-0.4, -0.2) is 30.1 Å². The molecule has 0 bridgehead atoms. The van der Waals surface area contributed by atoms with Gasteiger partial charge in [-0.25, -0.2) is 9.79 Å². The molecular weight excluding hydrogens is 340 g/mol. The SMILES string of the molecule is CCN(CC)C(Cc1ccccc1)=Nc1c(C=O)c(=O)oc2ccccc12. The minimum Gasteiger partial charge on any atom is -0.422 e. The van der Waals surface area contributed by atoms with Crippen molar-refractivity contribution in [2.45, 2.75) is 20.3 Å². The van der Waals surface area contributed by atoms with Crippen LogP contribution in [0.5, 0.6) is 0 Å². The topological polar surface area (TPSA) is 62.9 Å². The molecule has 0 aliphatic heterocycles. The average molecular weight is 362 g/mol. The van der Waals surface area contributed by atoms with Crippen LogP contribution in [0.2, 0.25) is 0 Å². The molecule has 0 aliphatic rings. The highest BCUT2D eigenvalue weighted by Gasteiger charge is 2.16. The predicted octanol–water partition coefficient (Wildman–Crippen LogP) is 4.22. The van der Waals surface area contributed by atoms with E-state index in [2.05, 4.69) is 18.7 Å². The van der Waals surface area contributed by atoms with E-state index in [1.54, 1.807) is 12.1 Å². The van der Waals surface area contributed by atoms with Crippen LogP contribution in [0.1, 0.15) is 29.8 Å². The summed E-state index contributed by atoms with van der Waals surface area (Å²) in [4.78, 5) is 30.8. The molecule has 1 heterocycles. The van der Waals surface area contributed by atoms with Crippen LogP contribution in [0, 0.1) is 0 Å². The Balaban J connectivity index is 2.22. The lowest BCUT2D eigenvalue weighted by Crippen LogP contribution is -2.32. The third-order valence-electron chi connectivity index (χ3n) is 4.51. The zero-order chi connectivity index (χ0) is 19.2. The highest BCUT2D eigenvalue weighted by Crippen LogP contribution is 2.28. The van der Waals surface area contributed by atoms with Gasteiger partial charge in [0.1, 0.15) is 17.0 Å². The average Bonchev–Trinajstić information content (AvgIpc) is 2.69. The summed E-state index contributed by atoms with van der Waals surface area (Å²) in [6.45, 7) is 5.67. The molecule has 0 aliphatic carbocycles. The molecule has 0 fully saturated rings. The third-order valence-corrected chi connectivity index (χ3v) is 4.51. The van der Waals surface area contributed by atoms with E-state index < -0.39 is 5.63 Å². The van der Waals surface area contributed by atoms with Gasteiger partial charge in [0.25, 0.3) is 0 Å². The molecule has 5 heteroatoms. The van der Waals surface area contributed by atoms with E-state index in [9.17, 15) is 9.59 Å². The second-order valence-corrected chi connectivity index (χ2v) is 6.13. The maximum atomic E-state index is 12.3. The second-order valence-electron chi connectivity index (χ2n) is 6.13. The molecule has 27 heavy (non-hydrogen) atoms. The zero-order valence-electron chi connectivity index (χ0n) is 15.5. The van der Waals surface area contributed by atoms with Crippen molar-refractivity contribution in [2.75, 3.05) is 13.1 Å². The van der Waals surface area contributed by atoms with E-state index in [1.165, 1.54) is 0 Å². The molecule has 138 valence electrons. The summed E-state index contributed by atoms with van der Waals surface area (Å²) in [6.07, 6.45) is 1.13. The number of rotatable bonds is 6. The van der Waals surface area contributed by atoms with Crippen LogP contribution in [-0.2, 0) is 6.42 Å². The van der Waals surface area contributed by atoms with Gasteiger partial charge in [0.15, 0.2) is 6.29 Å². The lowest BCUT2D eigenvalue weighted by atomic mass is 10.1. The molecule has 0 unspecified atom stereocenters. The first-order chi connectivity index (χ1) is 13.2. The number of carbonyl (C=O) groups is 1.